The fourth-order valence-corrected chi connectivity index (χ4v) is 5.52. The summed E-state index contributed by atoms with van der Waals surface area (Å²) in [6, 6.07) is 11.7. The molecule has 5 rings (SSSR count). The van der Waals surface area contributed by atoms with Crippen molar-refractivity contribution in [2.45, 2.75) is 19.3 Å². The Morgan fingerprint density at radius 1 is 0.935 bits per heavy atom. The van der Waals surface area contributed by atoms with Crippen LogP contribution in [-0.2, 0) is 9.59 Å². The molecule has 0 aromatic heterocycles. The lowest BCUT2D eigenvalue weighted by atomic mass is 9.81. The van der Waals surface area contributed by atoms with Gasteiger partial charge in [0.2, 0.25) is 11.8 Å². The van der Waals surface area contributed by atoms with E-state index < -0.39 is 0 Å². The zero-order valence-electron chi connectivity index (χ0n) is 17.5. The predicted molar refractivity (Wildman–Crippen MR) is 114 cm³/mol. The highest BCUT2D eigenvalue weighted by molar-refractivity contribution is 6.22. The zero-order chi connectivity index (χ0) is 21.7. The summed E-state index contributed by atoms with van der Waals surface area (Å²) < 4.78 is 10.5. The number of anilines is 2. The van der Waals surface area contributed by atoms with E-state index >= 15 is 0 Å². The maximum atomic E-state index is 13.0. The Kier molecular flexibility index (Phi) is 4.68. The highest BCUT2D eigenvalue weighted by Crippen LogP contribution is 2.56. The van der Waals surface area contributed by atoms with Gasteiger partial charge in [-0.2, -0.15) is 0 Å². The standard InChI is InChI=1S/C24H24N2O5/c1-30-17-9-10-18(19(12-17)31-2)25-22(27)13-5-7-16(8-6-13)26-23(28)20-14-3-4-15(11-14)21(20)24(26)29/h5-10,12,14-15,20-21H,3-4,11H2,1-2H3,(H,25,27)/t14-,15-,20+,21+/m0/s1. The van der Waals surface area contributed by atoms with Gasteiger partial charge >= 0.3 is 0 Å². The Labute approximate surface area is 180 Å². The van der Waals surface area contributed by atoms with Crippen LogP contribution in [-0.4, -0.2) is 31.9 Å². The zero-order valence-corrected chi connectivity index (χ0v) is 17.5. The second kappa shape index (κ2) is 7.41. The van der Waals surface area contributed by atoms with Crippen LogP contribution in [0, 0.1) is 23.7 Å². The normalized spacial score (nSPS) is 26.2. The first-order valence-electron chi connectivity index (χ1n) is 10.5. The first-order chi connectivity index (χ1) is 15.0. The lowest BCUT2D eigenvalue weighted by molar-refractivity contribution is -0.123. The van der Waals surface area contributed by atoms with Crippen LogP contribution < -0.4 is 19.7 Å². The molecule has 1 aliphatic heterocycles. The smallest absolute Gasteiger partial charge is 0.255 e. The van der Waals surface area contributed by atoms with Crippen LogP contribution in [0.3, 0.4) is 0 Å². The van der Waals surface area contributed by atoms with Gasteiger partial charge < -0.3 is 14.8 Å². The molecule has 0 unspecified atom stereocenters. The molecule has 2 saturated carbocycles. The number of hydrogen-bond donors (Lipinski definition) is 1. The second-order valence-electron chi connectivity index (χ2n) is 8.46. The third-order valence-corrected chi connectivity index (χ3v) is 6.97. The summed E-state index contributed by atoms with van der Waals surface area (Å²) >= 11 is 0. The van der Waals surface area contributed by atoms with Gasteiger partial charge in [-0.05, 0) is 67.5 Å². The number of methoxy groups -OCH3 is 2. The summed E-state index contributed by atoms with van der Waals surface area (Å²) in [5.41, 5.74) is 1.47. The van der Waals surface area contributed by atoms with Crippen molar-refractivity contribution in [2.75, 3.05) is 24.4 Å². The summed E-state index contributed by atoms with van der Waals surface area (Å²) in [6.07, 6.45) is 3.10. The molecular formula is C24H24N2O5. The SMILES string of the molecule is COc1ccc(NC(=O)c2ccc(N3C(=O)[C@@H]4[C@H]5CC[C@@H](C5)[C@H]4C3=O)cc2)c(OC)c1. The summed E-state index contributed by atoms with van der Waals surface area (Å²) in [6.45, 7) is 0. The molecule has 0 radical (unpaired) electrons. The van der Waals surface area contributed by atoms with Crippen molar-refractivity contribution >= 4 is 29.1 Å². The van der Waals surface area contributed by atoms with E-state index in [4.69, 9.17) is 9.47 Å². The largest absolute Gasteiger partial charge is 0.497 e. The molecule has 7 heteroatoms. The van der Waals surface area contributed by atoms with Crippen LogP contribution >= 0.6 is 0 Å². The average Bonchev–Trinajstić information content (AvgIpc) is 3.48. The Morgan fingerprint density at radius 2 is 1.58 bits per heavy atom. The highest BCUT2D eigenvalue weighted by atomic mass is 16.5. The lowest BCUT2D eigenvalue weighted by Gasteiger charge is -2.19. The molecule has 2 bridgehead atoms. The minimum atomic E-state index is -0.316. The van der Waals surface area contributed by atoms with Gasteiger partial charge in [-0.3, -0.25) is 19.3 Å². The number of amides is 3. The number of benzene rings is 2. The summed E-state index contributed by atoms with van der Waals surface area (Å²) in [4.78, 5) is 40.0. The van der Waals surface area contributed by atoms with Crippen LogP contribution in [0.4, 0.5) is 11.4 Å². The molecular weight excluding hydrogens is 396 g/mol. The summed E-state index contributed by atoms with van der Waals surface area (Å²) in [5.74, 6) is 1.01. The molecule has 4 atom stereocenters. The van der Waals surface area contributed by atoms with Crippen molar-refractivity contribution in [1.29, 1.82) is 0 Å². The van der Waals surface area contributed by atoms with Gasteiger partial charge in [0.05, 0.1) is 37.4 Å². The second-order valence-corrected chi connectivity index (χ2v) is 8.46. The van der Waals surface area contributed by atoms with Gasteiger partial charge in [-0.1, -0.05) is 0 Å². The minimum Gasteiger partial charge on any atom is -0.497 e. The quantitative estimate of drug-likeness (QED) is 0.749. The number of fused-ring (bicyclic) bond motifs is 5. The van der Waals surface area contributed by atoms with Gasteiger partial charge in [0.15, 0.2) is 0 Å². The maximum Gasteiger partial charge on any atom is 0.255 e. The maximum absolute atomic E-state index is 13.0. The molecule has 31 heavy (non-hydrogen) atoms. The first-order valence-corrected chi connectivity index (χ1v) is 10.5. The molecule has 1 saturated heterocycles. The van der Waals surface area contributed by atoms with Gasteiger partial charge in [-0.15, -0.1) is 0 Å². The number of ether oxygens (including phenoxy) is 2. The van der Waals surface area contributed by atoms with Gasteiger partial charge in [0.25, 0.3) is 5.91 Å². The molecule has 1 N–H and O–H groups in total. The van der Waals surface area contributed by atoms with E-state index in [1.165, 1.54) is 12.0 Å². The van der Waals surface area contributed by atoms with Gasteiger partial charge in [0.1, 0.15) is 11.5 Å². The van der Waals surface area contributed by atoms with Crippen molar-refractivity contribution in [1.82, 2.24) is 0 Å². The van der Waals surface area contributed by atoms with E-state index in [9.17, 15) is 14.4 Å². The van der Waals surface area contributed by atoms with Crippen LogP contribution in [0.15, 0.2) is 42.5 Å². The fraction of sp³-hybridized carbons (Fsp3) is 0.375. The molecule has 1 heterocycles. The Morgan fingerprint density at radius 3 is 2.16 bits per heavy atom. The Bertz CT molecular complexity index is 1040. The molecule has 2 aliphatic carbocycles. The van der Waals surface area contributed by atoms with Crippen LogP contribution in [0.5, 0.6) is 11.5 Å². The molecule has 2 aromatic rings. The molecule has 2 aromatic carbocycles. The average molecular weight is 420 g/mol. The van der Waals surface area contributed by atoms with E-state index in [1.54, 1.807) is 49.6 Å². The molecule has 3 aliphatic rings. The number of carbonyl (C=O) groups excluding carboxylic acids is 3. The Balaban J connectivity index is 1.33. The molecule has 3 amide bonds. The van der Waals surface area contributed by atoms with Crippen LogP contribution in [0.1, 0.15) is 29.6 Å². The van der Waals surface area contributed by atoms with Crippen molar-refractivity contribution in [2.24, 2.45) is 23.7 Å². The van der Waals surface area contributed by atoms with E-state index in [0.717, 1.165) is 19.3 Å². The molecule has 3 fully saturated rings. The molecule has 160 valence electrons. The number of imide groups is 1. The van der Waals surface area contributed by atoms with E-state index in [0.29, 0.717) is 40.3 Å². The Hall–Kier alpha value is -3.35. The summed E-state index contributed by atoms with van der Waals surface area (Å²) in [5, 5.41) is 2.82. The van der Waals surface area contributed by atoms with Crippen molar-refractivity contribution in [3.8, 4) is 11.5 Å². The number of nitrogens with one attached hydrogen (secondary N) is 1. The van der Waals surface area contributed by atoms with Crippen molar-refractivity contribution in [3.05, 3.63) is 48.0 Å². The molecule has 7 nitrogen and oxygen atoms in total. The first kappa shape index (κ1) is 19.6. The molecule has 0 spiro atoms. The number of hydrogen-bond acceptors (Lipinski definition) is 5. The van der Waals surface area contributed by atoms with Crippen LogP contribution in [0.2, 0.25) is 0 Å². The van der Waals surface area contributed by atoms with E-state index in [2.05, 4.69) is 5.32 Å². The highest BCUT2D eigenvalue weighted by Gasteiger charge is 2.61. The van der Waals surface area contributed by atoms with Crippen molar-refractivity contribution < 1.29 is 23.9 Å². The van der Waals surface area contributed by atoms with E-state index in [1.807, 2.05) is 0 Å². The fourth-order valence-electron chi connectivity index (χ4n) is 5.52. The topological polar surface area (TPSA) is 84.9 Å². The van der Waals surface area contributed by atoms with E-state index in [-0.39, 0.29) is 29.6 Å². The lowest BCUT2D eigenvalue weighted by Crippen LogP contribution is -2.32. The van der Waals surface area contributed by atoms with Gasteiger partial charge in [0, 0.05) is 11.6 Å². The predicted octanol–water partition coefficient (Wildman–Crippen LogP) is 3.49. The number of carbonyl (C=O) groups is 3. The number of rotatable bonds is 5. The van der Waals surface area contributed by atoms with Gasteiger partial charge in [-0.25, -0.2) is 0 Å². The summed E-state index contributed by atoms with van der Waals surface area (Å²) in [7, 11) is 3.08. The minimum absolute atomic E-state index is 0.0811. The number of nitrogens with zero attached hydrogens (tertiary/aromatic N) is 1. The third kappa shape index (κ3) is 3.07. The van der Waals surface area contributed by atoms with Crippen LogP contribution in [0.25, 0.3) is 0 Å². The third-order valence-electron chi connectivity index (χ3n) is 6.97. The van der Waals surface area contributed by atoms with Crippen molar-refractivity contribution in [3.63, 3.8) is 0 Å². The monoisotopic (exact) mass is 420 g/mol.